The van der Waals surface area contributed by atoms with Crippen molar-refractivity contribution in [1.82, 2.24) is 19.9 Å². The van der Waals surface area contributed by atoms with Crippen molar-refractivity contribution in [3.8, 4) is 0 Å². The summed E-state index contributed by atoms with van der Waals surface area (Å²) in [5.74, 6) is 1.58. The molecule has 7 heteroatoms. The van der Waals surface area contributed by atoms with Crippen LogP contribution in [-0.2, 0) is 0 Å². The highest BCUT2D eigenvalue weighted by atomic mass is 16.2. The van der Waals surface area contributed by atoms with Crippen LogP contribution in [0.3, 0.4) is 0 Å². The van der Waals surface area contributed by atoms with Crippen LogP contribution < -0.4 is 10.2 Å². The maximum absolute atomic E-state index is 12.8. The van der Waals surface area contributed by atoms with Crippen molar-refractivity contribution < 1.29 is 4.79 Å². The molecule has 1 aliphatic rings. The zero-order valence-corrected chi connectivity index (χ0v) is 16.6. The third-order valence-corrected chi connectivity index (χ3v) is 4.78. The summed E-state index contributed by atoms with van der Waals surface area (Å²) in [5.41, 5.74) is 2.34. The summed E-state index contributed by atoms with van der Waals surface area (Å²) in [6.07, 6.45) is 4.77. The maximum atomic E-state index is 12.8. The molecule has 1 amide bonds. The first kappa shape index (κ1) is 19.1. The molecule has 3 rings (SSSR count). The van der Waals surface area contributed by atoms with Gasteiger partial charge in [-0.1, -0.05) is 0 Å². The monoisotopic (exact) mass is 368 g/mol. The number of aromatic nitrogens is 3. The van der Waals surface area contributed by atoms with E-state index in [1.54, 1.807) is 6.07 Å². The van der Waals surface area contributed by atoms with Gasteiger partial charge in [-0.3, -0.25) is 4.79 Å². The molecule has 2 aromatic rings. The van der Waals surface area contributed by atoms with Crippen LogP contribution >= 0.6 is 0 Å². The lowest BCUT2D eigenvalue weighted by Crippen LogP contribution is -2.33. The highest BCUT2D eigenvalue weighted by Gasteiger charge is 2.23. The predicted octanol–water partition coefficient (Wildman–Crippen LogP) is 2.66. The first-order chi connectivity index (χ1) is 12.9. The minimum atomic E-state index is 0.00116. The fourth-order valence-corrected chi connectivity index (χ4v) is 3.40. The van der Waals surface area contributed by atoms with Gasteiger partial charge >= 0.3 is 0 Å². The van der Waals surface area contributed by atoms with E-state index in [-0.39, 0.29) is 5.91 Å². The van der Waals surface area contributed by atoms with E-state index in [2.05, 4.69) is 26.3 Å². The molecule has 0 radical (unpaired) electrons. The molecule has 1 atom stereocenters. The number of amides is 1. The van der Waals surface area contributed by atoms with E-state index in [1.165, 1.54) is 0 Å². The van der Waals surface area contributed by atoms with Gasteiger partial charge < -0.3 is 15.1 Å². The molecule has 144 valence electrons. The minimum Gasteiger partial charge on any atom is -0.381 e. The standard InChI is InChI=1S/C20H28N6O/c1-14-12-18(23-15(2)22-14)20(27)26-10-5-6-16(9-11-26)24-17-7-8-19(21-13-17)25(3)4/h7-8,12-13,16,24H,5-6,9-11H2,1-4H3/t16-/m1/s1. The summed E-state index contributed by atoms with van der Waals surface area (Å²) in [7, 11) is 3.96. The Morgan fingerprint density at radius 2 is 2.00 bits per heavy atom. The summed E-state index contributed by atoms with van der Waals surface area (Å²) in [4.78, 5) is 29.7. The number of carbonyl (C=O) groups is 1. The van der Waals surface area contributed by atoms with Crippen LogP contribution in [-0.4, -0.2) is 59.0 Å². The summed E-state index contributed by atoms with van der Waals surface area (Å²) in [6, 6.07) is 6.18. The number of aryl methyl sites for hydroxylation is 2. The molecule has 1 saturated heterocycles. The highest BCUT2D eigenvalue weighted by Crippen LogP contribution is 2.19. The van der Waals surface area contributed by atoms with Gasteiger partial charge in [0.05, 0.1) is 11.9 Å². The summed E-state index contributed by atoms with van der Waals surface area (Å²) in [6.45, 7) is 5.20. The second kappa shape index (κ2) is 8.33. The Labute approximate surface area is 160 Å². The summed E-state index contributed by atoms with van der Waals surface area (Å²) >= 11 is 0. The Hall–Kier alpha value is -2.70. The third kappa shape index (κ3) is 4.93. The van der Waals surface area contributed by atoms with E-state index in [9.17, 15) is 4.79 Å². The molecule has 0 unspecified atom stereocenters. The Morgan fingerprint density at radius 1 is 1.19 bits per heavy atom. The molecule has 1 fully saturated rings. The number of anilines is 2. The topological polar surface area (TPSA) is 74.2 Å². The molecule has 7 nitrogen and oxygen atoms in total. The summed E-state index contributed by atoms with van der Waals surface area (Å²) in [5, 5.41) is 3.56. The largest absolute Gasteiger partial charge is 0.381 e. The number of carbonyl (C=O) groups excluding carboxylic acids is 1. The summed E-state index contributed by atoms with van der Waals surface area (Å²) < 4.78 is 0. The molecule has 27 heavy (non-hydrogen) atoms. The number of hydrogen-bond acceptors (Lipinski definition) is 6. The molecule has 0 spiro atoms. The van der Waals surface area contributed by atoms with E-state index in [0.29, 0.717) is 17.6 Å². The second-order valence-corrected chi connectivity index (χ2v) is 7.31. The number of rotatable bonds is 4. The van der Waals surface area contributed by atoms with Gasteiger partial charge in [-0.15, -0.1) is 0 Å². The molecule has 0 bridgehead atoms. The molecule has 3 heterocycles. The molecule has 0 aromatic carbocycles. The van der Waals surface area contributed by atoms with Crippen LogP contribution in [0.4, 0.5) is 11.5 Å². The van der Waals surface area contributed by atoms with Gasteiger partial charge in [-0.05, 0) is 51.3 Å². The second-order valence-electron chi connectivity index (χ2n) is 7.31. The van der Waals surface area contributed by atoms with Crippen LogP contribution in [0, 0.1) is 13.8 Å². The van der Waals surface area contributed by atoms with Crippen molar-refractivity contribution in [2.75, 3.05) is 37.4 Å². The zero-order valence-electron chi connectivity index (χ0n) is 16.6. The van der Waals surface area contributed by atoms with Crippen molar-refractivity contribution in [2.45, 2.75) is 39.2 Å². The number of pyridine rings is 1. The van der Waals surface area contributed by atoms with Gasteiger partial charge in [-0.2, -0.15) is 0 Å². The Kier molecular flexibility index (Phi) is 5.88. The number of nitrogens with one attached hydrogen (secondary N) is 1. The van der Waals surface area contributed by atoms with E-state index < -0.39 is 0 Å². The van der Waals surface area contributed by atoms with Gasteiger partial charge in [0.2, 0.25) is 0 Å². The normalized spacial score (nSPS) is 17.3. The van der Waals surface area contributed by atoms with E-state index >= 15 is 0 Å². The smallest absolute Gasteiger partial charge is 0.272 e. The first-order valence-electron chi connectivity index (χ1n) is 9.44. The number of hydrogen-bond donors (Lipinski definition) is 1. The average Bonchev–Trinajstić information content (AvgIpc) is 2.86. The van der Waals surface area contributed by atoms with E-state index in [4.69, 9.17) is 0 Å². The van der Waals surface area contributed by atoms with Gasteiger partial charge in [0.25, 0.3) is 5.91 Å². The highest BCUT2D eigenvalue weighted by molar-refractivity contribution is 5.92. The lowest BCUT2D eigenvalue weighted by atomic mass is 10.1. The average molecular weight is 368 g/mol. The van der Waals surface area contributed by atoms with Crippen molar-refractivity contribution >= 4 is 17.4 Å². The predicted molar refractivity (Wildman–Crippen MR) is 107 cm³/mol. The van der Waals surface area contributed by atoms with Crippen molar-refractivity contribution in [1.29, 1.82) is 0 Å². The lowest BCUT2D eigenvalue weighted by molar-refractivity contribution is 0.0755. The fourth-order valence-electron chi connectivity index (χ4n) is 3.40. The first-order valence-corrected chi connectivity index (χ1v) is 9.44. The quantitative estimate of drug-likeness (QED) is 0.894. The Morgan fingerprint density at radius 3 is 2.67 bits per heavy atom. The Bertz CT molecular complexity index is 769. The van der Waals surface area contributed by atoms with Crippen molar-refractivity contribution in [3.63, 3.8) is 0 Å². The van der Waals surface area contributed by atoms with Crippen LogP contribution in [0.2, 0.25) is 0 Å². The fraction of sp³-hybridized carbons (Fsp3) is 0.500. The third-order valence-electron chi connectivity index (χ3n) is 4.78. The van der Waals surface area contributed by atoms with Crippen LogP contribution in [0.25, 0.3) is 0 Å². The molecule has 0 saturated carbocycles. The van der Waals surface area contributed by atoms with Crippen LogP contribution in [0.15, 0.2) is 24.4 Å². The van der Waals surface area contributed by atoms with Crippen molar-refractivity contribution in [3.05, 3.63) is 41.6 Å². The van der Waals surface area contributed by atoms with Gasteiger partial charge in [0, 0.05) is 38.9 Å². The minimum absolute atomic E-state index is 0.00116. The zero-order chi connectivity index (χ0) is 19.4. The molecular formula is C20H28N6O. The lowest BCUT2D eigenvalue weighted by Gasteiger charge is -2.21. The van der Waals surface area contributed by atoms with E-state index in [0.717, 1.165) is 49.6 Å². The maximum Gasteiger partial charge on any atom is 0.272 e. The molecular weight excluding hydrogens is 340 g/mol. The Balaban J connectivity index is 1.60. The van der Waals surface area contributed by atoms with Gasteiger partial charge in [0.1, 0.15) is 17.3 Å². The SMILES string of the molecule is Cc1cc(C(=O)N2CCC[C@@H](Nc3ccc(N(C)C)nc3)CC2)nc(C)n1. The molecule has 1 aliphatic heterocycles. The molecule has 2 aromatic heterocycles. The van der Waals surface area contributed by atoms with Crippen LogP contribution in [0.5, 0.6) is 0 Å². The van der Waals surface area contributed by atoms with Crippen molar-refractivity contribution in [2.24, 2.45) is 0 Å². The van der Waals surface area contributed by atoms with Crippen LogP contribution in [0.1, 0.15) is 41.3 Å². The molecule has 0 aliphatic carbocycles. The number of likely N-dealkylation sites (tertiary alicyclic amines) is 1. The molecule has 1 N–H and O–H groups in total. The van der Waals surface area contributed by atoms with E-state index in [1.807, 2.05) is 50.0 Å². The van der Waals surface area contributed by atoms with Gasteiger partial charge in [0.15, 0.2) is 0 Å². The number of nitrogens with zero attached hydrogens (tertiary/aromatic N) is 5. The van der Waals surface area contributed by atoms with Gasteiger partial charge in [-0.25, -0.2) is 15.0 Å².